The maximum absolute atomic E-state index is 12.0. The summed E-state index contributed by atoms with van der Waals surface area (Å²) in [6.45, 7) is 0. The second-order valence-corrected chi connectivity index (χ2v) is 9.10. The molecular formula is C27H25N7O3. The molecule has 1 saturated carbocycles. The molecule has 4 N–H and O–H groups in total. The second-order valence-electron chi connectivity index (χ2n) is 9.10. The van der Waals surface area contributed by atoms with Crippen LogP contribution in [0.25, 0.3) is 11.7 Å². The highest BCUT2D eigenvalue weighted by Crippen LogP contribution is 2.32. The van der Waals surface area contributed by atoms with E-state index in [1.54, 1.807) is 30.1 Å². The quantitative estimate of drug-likeness (QED) is 0.212. The Kier molecular flexibility index (Phi) is 5.68. The van der Waals surface area contributed by atoms with Gasteiger partial charge < -0.3 is 20.7 Å². The first kappa shape index (κ1) is 22.6. The number of anilines is 5. The lowest BCUT2D eigenvalue weighted by Crippen LogP contribution is -2.19. The lowest BCUT2D eigenvalue weighted by Gasteiger charge is -2.14. The van der Waals surface area contributed by atoms with E-state index in [0.29, 0.717) is 28.6 Å². The van der Waals surface area contributed by atoms with Gasteiger partial charge in [0.25, 0.3) is 5.91 Å². The molecule has 10 nitrogen and oxygen atoms in total. The van der Waals surface area contributed by atoms with Crippen molar-refractivity contribution in [1.82, 2.24) is 19.9 Å². The first-order valence-corrected chi connectivity index (χ1v) is 12.0. The van der Waals surface area contributed by atoms with Gasteiger partial charge in [-0.25, -0.2) is 9.50 Å². The van der Waals surface area contributed by atoms with Crippen molar-refractivity contribution in [1.29, 1.82) is 0 Å². The van der Waals surface area contributed by atoms with Crippen LogP contribution >= 0.6 is 0 Å². The summed E-state index contributed by atoms with van der Waals surface area (Å²) in [6, 6.07) is 16.2. The van der Waals surface area contributed by atoms with Gasteiger partial charge in [0.1, 0.15) is 11.6 Å². The predicted octanol–water partition coefficient (Wildman–Crippen LogP) is 4.23. The third-order valence-corrected chi connectivity index (χ3v) is 6.13. The molecule has 1 saturated heterocycles. The summed E-state index contributed by atoms with van der Waals surface area (Å²) in [5.74, 6) is 0.713. The SMILES string of the molecule is COc1cccc(Nc2cc(Nc3ccn4ncc(/C=C5/CC(=O)NC5=O)c4n3)cc(NC3CC3)c2)c1. The number of benzene rings is 2. The Morgan fingerprint density at radius 1 is 1.03 bits per heavy atom. The van der Waals surface area contributed by atoms with Gasteiger partial charge >= 0.3 is 0 Å². The molecule has 0 atom stereocenters. The van der Waals surface area contributed by atoms with Crippen LogP contribution in [-0.2, 0) is 9.59 Å². The summed E-state index contributed by atoms with van der Waals surface area (Å²) in [7, 11) is 1.65. The number of aromatic nitrogens is 3. The zero-order valence-corrected chi connectivity index (χ0v) is 20.1. The van der Waals surface area contributed by atoms with Gasteiger partial charge in [-0.1, -0.05) is 6.07 Å². The summed E-state index contributed by atoms with van der Waals surface area (Å²) in [4.78, 5) is 28.3. The van der Waals surface area contributed by atoms with Crippen LogP contribution in [0.15, 0.2) is 66.5 Å². The van der Waals surface area contributed by atoms with Crippen LogP contribution in [0.4, 0.5) is 28.6 Å². The molecule has 0 spiro atoms. The monoisotopic (exact) mass is 495 g/mol. The number of hydrogen-bond donors (Lipinski definition) is 4. The fourth-order valence-electron chi connectivity index (χ4n) is 4.20. The molecule has 3 heterocycles. The second kappa shape index (κ2) is 9.30. The number of amides is 2. The molecule has 37 heavy (non-hydrogen) atoms. The number of nitrogens with one attached hydrogen (secondary N) is 4. The number of ether oxygens (including phenoxy) is 1. The Bertz CT molecular complexity index is 1550. The lowest BCUT2D eigenvalue weighted by molar-refractivity contribution is -0.124. The molecule has 2 aromatic carbocycles. The smallest absolute Gasteiger partial charge is 0.254 e. The van der Waals surface area contributed by atoms with Crippen LogP contribution < -0.4 is 26.0 Å². The van der Waals surface area contributed by atoms with Crippen molar-refractivity contribution in [2.24, 2.45) is 0 Å². The number of carbonyl (C=O) groups excluding carboxylic acids is 2. The molecule has 1 aliphatic heterocycles. The maximum Gasteiger partial charge on any atom is 0.254 e. The van der Waals surface area contributed by atoms with Crippen LogP contribution in [-0.4, -0.2) is 39.6 Å². The van der Waals surface area contributed by atoms with E-state index < -0.39 is 0 Å². The third kappa shape index (κ3) is 5.08. The van der Waals surface area contributed by atoms with Crippen LogP contribution in [0.2, 0.25) is 0 Å². The summed E-state index contributed by atoms with van der Waals surface area (Å²) in [5.41, 5.74) is 5.32. The lowest BCUT2D eigenvalue weighted by atomic mass is 10.1. The Balaban J connectivity index is 1.30. The van der Waals surface area contributed by atoms with E-state index in [4.69, 9.17) is 9.72 Å². The minimum Gasteiger partial charge on any atom is -0.497 e. The van der Waals surface area contributed by atoms with E-state index in [0.717, 1.165) is 41.3 Å². The van der Waals surface area contributed by atoms with Crippen molar-refractivity contribution in [3.8, 4) is 5.75 Å². The minimum absolute atomic E-state index is 0.0535. The summed E-state index contributed by atoms with van der Waals surface area (Å²) < 4.78 is 6.98. The number of nitrogens with zero attached hydrogens (tertiary/aromatic N) is 3. The highest BCUT2D eigenvalue weighted by Gasteiger charge is 2.24. The van der Waals surface area contributed by atoms with E-state index in [1.165, 1.54) is 0 Å². The molecule has 2 amide bonds. The molecule has 10 heteroatoms. The fourth-order valence-corrected chi connectivity index (χ4v) is 4.20. The summed E-state index contributed by atoms with van der Waals surface area (Å²) in [6.07, 6.45) is 7.47. The van der Waals surface area contributed by atoms with Crippen molar-refractivity contribution >= 4 is 52.1 Å². The average molecular weight is 496 g/mol. The van der Waals surface area contributed by atoms with Crippen LogP contribution in [0, 0.1) is 0 Å². The van der Waals surface area contributed by atoms with Crippen molar-refractivity contribution < 1.29 is 14.3 Å². The van der Waals surface area contributed by atoms with Crippen LogP contribution in [0.5, 0.6) is 5.75 Å². The van der Waals surface area contributed by atoms with E-state index in [2.05, 4.69) is 38.5 Å². The predicted molar refractivity (Wildman–Crippen MR) is 141 cm³/mol. The van der Waals surface area contributed by atoms with E-state index in [-0.39, 0.29) is 18.2 Å². The van der Waals surface area contributed by atoms with Crippen LogP contribution in [0.1, 0.15) is 24.8 Å². The summed E-state index contributed by atoms with van der Waals surface area (Å²) in [5, 5.41) is 17.0. The van der Waals surface area contributed by atoms with Gasteiger partial charge in [-0.15, -0.1) is 0 Å². The van der Waals surface area contributed by atoms with Gasteiger partial charge in [0.05, 0.1) is 19.7 Å². The van der Waals surface area contributed by atoms with Crippen molar-refractivity contribution in [3.05, 3.63) is 72.1 Å². The van der Waals surface area contributed by atoms with Gasteiger partial charge in [0, 0.05) is 52.2 Å². The Hall–Kier alpha value is -4.86. The molecule has 186 valence electrons. The molecule has 0 bridgehead atoms. The normalized spacial score (nSPS) is 16.2. The topological polar surface area (TPSA) is 122 Å². The third-order valence-electron chi connectivity index (χ3n) is 6.13. The van der Waals surface area contributed by atoms with E-state index in [1.807, 2.05) is 36.4 Å². The van der Waals surface area contributed by atoms with Crippen LogP contribution in [0.3, 0.4) is 0 Å². The van der Waals surface area contributed by atoms with Gasteiger partial charge in [0.15, 0.2) is 5.65 Å². The molecule has 1 aliphatic carbocycles. The zero-order valence-electron chi connectivity index (χ0n) is 20.1. The number of imide groups is 1. The molecule has 4 aromatic rings. The molecule has 6 rings (SSSR count). The molecule has 0 unspecified atom stereocenters. The highest BCUT2D eigenvalue weighted by molar-refractivity contribution is 6.15. The fraction of sp³-hybridized carbons (Fsp3) is 0.185. The molecular weight excluding hydrogens is 470 g/mol. The number of methoxy groups -OCH3 is 1. The van der Waals surface area contributed by atoms with E-state index >= 15 is 0 Å². The number of rotatable bonds is 8. The standard InChI is InChI=1S/C27H25N7O3/c1-37-23-4-2-3-19(14-23)30-21-11-20(29-18-5-6-18)12-22(13-21)31-24-7-8-34-26(32-24)17(15-28-34)9-16-10-25(35)33-27(16)36/h2-4,7-9,11-15,18,29-30H,5-6,10H2,1H3,(H,31,32)(H,33,35,36)/b16-9-. The molecule has 0 radical (unpaired) electrons. The zero-order chi connectivity index (χ0) is 25.4. The number of fused-ring (bicyclic) bond motifs is 1. The molecule has 2 fully saturated rings. The van der Waals surface area contributed by atoms with Gasteiger partial charge in [-0.3, -0.25) is 14.9 Å². The first-order chi connectivity index (χ1) is 18.0. The Morgan fingerprint density at radius 2 is 1.84 bits per heavy atom. The van der Waals surface area contributed by atoms with Crippen molar-refractivity contribution in [3.63, 3.8) is 0 Å². The minimum atomic E-state index is -0.380. The average Bonchev–Trinajstić information content (AvgIpc) is 3.52. The van der Waals surface area contributed by atoms with Gasteiger partial charge in [-0.2, -0.15) is 5.10 Å². The summed E-state index contributed by atoms with van der Waals surface area (Å²) >= 11 is 0. The van der Waals surface area contributed by atoms with Crippen molar-refractivity contribution in [2.45, 2.75) is 25.3 Å². The first-order valence-electron chi connectivity index (χ1n) is 12.0. The van der Waals surface area contributed by atoms with E-state index in [9.17, 15) is 9.59 Å². The Labute approximate surface area is 212 Å². The van der Waals surface area contributed by atoms with Crippen molar-refractivity contribution in [2.75, 3.05) is 23.1 Å². The Morgan fingerprint density at radius 3 is 2.59 bits per heavy atom. The molecule has 2 aliphatic rings. The molecule has 2 aromatic heterocycles. The number of carbonyl (C=O) groups is 2. The van der Waals surface area contributed by atoms with Gasteiger partial charge in [-0.05, 0) is 55.3 Å². The maximum atomic E-state index is 12.0. The number of hydrogen-bond acceptors (Lipinski definition) is 8. The van der Waals surface area contributed by atoms with Gasteiger partial charge in [0.2, 0.25) is 5.91 Å². The largest absolute Gasteiger partial charge is 0.497 e. The highest BCUT2D eigenvalue weighted by atomic mass is 16.5.